The van der Waals surface area contributed by atoms with Crippen molar-refractivity contribution in [1.82, 2.24) is 5.48 Å². The van der Waals surface area contributed by atoms with Gasteiger partial charge >= 0.3 is 12.1 Å². The Balaban J connectivity index is 2.27. The van der Waals surface area contributed by atoms with Crippen LogP contribution in [0.15, 0.2) is 24.3 Å². The Morgan fingerprint density at radius 1 is 1.23 bits per heavy atom. The molecule has 1 atom stereocenters. The molecule has 0 radical (unpaired) electrons. The summed E-state index contributed by atoms with van der Waals surface area (Å²) in [6.07, 6.45) is -1.19. The monoisotopic (exact) mass is 311 g/mol. The van der Waals surface area contributed by atoms with Gasteiger partial charge in [0.2, 0.25) is 0 Å². The maximum absolute atomic E-state index is 11.4. The predicted octanol–water partition coefficient (Wildman–Crippen LogP) is 2.09. The van der Waals surface area contributed by atoms with E-state index in [1.165, 1.54) is 0 Å². The zero-order chi connectivity index (χ0) is 16.5. The summed E-state index contributed by atoms with van der Waals surface area (Å²) in [6, 6.07) is 6.52. The lowest BCUT2D eigenvalue weighted by atomic mass is 10.1. The van der Waals surface area contributed by atoms with Gasteiger partial charge in [0.15, 0.2) is 6.10 Å². The summed E-state index contributed by atoms with van der Waals surface area (Å²) in [5, 5.41) is 18.1. The van der Waals surface area contributed by atoms with E-state index in [9.17, 15) is 9.59 Å². The van der Waals surface area contributed by atoms with Gasteiger partial charge in [-0.05, 0) is 30.0 Å². The normalized spacial score (nSPS) is 12.0. The number of aromatic hydroxyl groups is 1. The van der Waals surface area contributed by atoms with Crippen molar-refractivity contribution in [1.29, 1.82) is 0 Å². The molecule has 0 unspecified atom stereocenters. The minimum Gasteiger partial charge on any atom is -0.508 e. The Morgan fingerprint density at radius 3 is 2.41 bits per heavy atom. The van der Waals surface area contributed by atoms with Crippen molar-refractivity contribution in [3.05, 3.63) is 29.8 Å². The molecule has 0 aliphatic carbocycles. The molecule has 1 aromatic rings. The molecule has 0 saturated carbocycles. The number of aliphatic carboxylic acids is 1. The van der Waals surface area contributed by atoms with Crippen molar-refractivity contribution in [3.8, 4) is 5.75 Å². The Bertz CT molecular complexity index is 485. The Labute approximate surface area is 128 Å². The molecule has 3 N–H and O–H groups in total. The molecule has 7 nitrogen and oxygen atoms in total. The molecule has 0 aliphatic rings. The SMILES string of the molecule is CC(C)C[C@@H](ONC(=O)OCCc1ccc(O)cc1)C(=O)O. The van der Waals surface area contributed by atoms with Gasteiger partial charge in [0.05, 0.1) is 6.61 Å². The largest absolute Gasteiger partial charge is 0.508 e. The second-order valence-electron chi connectivity index (χ2n) is 5.23. The number of carboxylic acid groups (broad SMARTS) is 1. The van der Waals surface area contributed by atoms with Crippen molar-refractivity contribution in [2.45, 2.75) is 32.8 Å². The van der Waals surface area contributed by atoms with E-state index in [0.717, 1.165) is 5.56 Å². The third-order valence-electron chi connectivity index (χ3n) is 2.81. The first-order valence-electron chi connectivity index (χ1n) is 6.97. The summed E-state index contributed by atoms with van der Waals surface area (Å²) >= 11 is 0. The van der Waals surface area contributed by atoms with Gasteiger partial charge in [-0.25, -0.2) is 9.59 Å². The predicted molar refractivity (Wildman–Crippen MR) is 78.3 cm³/mol. The third kappa shape index (κ3) is 6.94. The number of hydrogen-bond acceptors (Lipinski definition) is 5. The molecule has 122 valence electrons. The lowest BCUT2D eigenvalue weighted by Gasteiger charge is -2.15. The smallest absolute Gasteiger partial charge is 0.431 e. The standard InChI is InChI=1S/C15H21NO6/c1-10(2)9-13(14(18)19)22-16-15(20)21-8-7-11-3-5-12(17)6-4-11/h3-6,10,13,17H,7-9H2,1-2H3,(H,16,20)(H,18,19)/t13-/m1/s1. The summed E-state index contributed by atoms with van der Waals surface area (Å²) in [5.41, 5.74) is 2.88. The number of phenols is 1. The molecule has 0 aromatic heterocycles. The van der Waals surface area contributed by atoms with E-state index < -0.39 is 18.2 Å². The number of amides is 1. The molecule has 22 heavy (non-hydrogen) atoms. The van der Waals surface area contributed by atoms with E-state index >= 15 is 0 Å². The lowest BCUT2D eigenvalue weighted by Crippen LogP contribution is -2.35. The molecule has 1 amide bonds. The van der Waals surface area contributed by atoms with E-state index in [1.807, 2.05) is 19.3 Å². The van der Waals surface area contributed by atoms with Gasteiger partial charge in [-0.15, -0.1) is 0 Å². The van der Waals surface area contributed by atoms with Crippen LogP contribution in [0.25, 0.3) is 0 Å². The van der Waals surface area contributed by atoms with Gasteiger partial charge in [0.25, 0.3) is 0 Å². The highest BCUT2D eigenvalue weighted by molar-refractivity contribution is 5.73. The van der Waals surface area contributed by atoms with Crippen molar-refractivity contribution in [2.75, 3.05) is 6.61 Å². The fourth-order valence-electron chi connectivity index (χ4n) is 1.70. The summed E-state index contributed by atoms with van der Waals surface area (Å²) in [5.74, 6) is -0.854. The van der Waals surface area contributed by atoms with Crippen LogP contribution < -0.4 is 5.48 Å². The molecular weight excluding hydrogens is 290 g/mol. The number of nitrogens with one attached hydrogen (secondary N) is 1. The summed E-state index contributed by atoms with van der Waals surface area (Å²) < 4.78 is 4.88. The van der Waals surface area contributed by atoms with E-state index in [0.29, 0.717) is 6.42 Å². The molecule has 7 heteroatoms. The topological polar surface area (TPSA) is 105 Å². The number of benzene rings is 1. The maximum atomic E-state index is 11.4. The van der Waals surface area contributed by atoms with E-state index in [2.05, 4.69) is 0 Å². The van der Waals surface area contributed by atoms with Crippen molar-refractivity contribution in [3.63, 3.8) is 0 Å². The van der Waals surface area contributed by atoms with Crippen LogP contribution in [0, 0.1) is 5.92 Å². The lowest BCUT2D eigenvalue weighted by molar-refractivity contribution is -0.155. The van der Waals surface area contributed by atoms with E-state index in [1.54, 1.807) is 24.3 Å². The van der Waals surface area contributed by atoms with E-state index in [-0.39, 0.29) is 24.7 Å². The fraction of sp³-hybridized carbons (Fsp3) is 0.467. The molecule has 0 aliphatic heterocycles. The number of carbonyl (C=O) groups excluding carboxylic acids is 1. The van der Waals surface area contributed by atoms with E-state index in [4.69, 9.17) is 19.8 Å². The molecule has 0 fully saturated rings. The van der Waals surface area contributed by atoms with Crippen LogP contribution in [-0.2, 0) is 20.8 Å². The van der Waals surface area contributed by atoms with Gasteiger partial charge in [-0.2, -0.15) is 5.48 Å². The number of hydroxylamine groups is 1. The zero-order valence-corrected chi connectivity index (χ0v) is 12.6. The first-order chi connectivity index (χ1) is 10.4. The highest BCUT2D eigenvalue weighted by Gasteiger charge is 2.21. The Hall–Kier alpha value is -2.28. The van der Waals surface area contributed by atoms with Gasteiger partial charge in [-0.1, -0.05) is 26.0 Å². The van der Waals surface area contributed by atoms with Crippen LogP contribution in [0.4, 0.5) is 4.79 Å². The number of phenolic OH excluding ortho intramolecular Hbond substituents is 1. The van der Waals surface area contributed by atoms with Crippen molar-refractivity contribution < 1.29 is 29.4 Å². The molecular formula is C15H21NO6. The average Bonchev–Trinajstić information content (AvgIpc) is 2.45. The molecule has 1 aromatic carbocycles. The molecule has 1 rings (SSSR count). The van der Waals surface area contributed by atoms with Crippen LogP contribution in [0.2, 0.25) is 0 Å². The highest BCUT2D eigenvalue weighted by atomic mass is 16.7. The highest BCUT2D eigenvalue weighted by Crippen LogP contribution is 2.10. The Kier molecular flexibility index (Phi) is 7.18. The second kappa shape index (κ2) is 8.89. The average molecular weight is 311 g/mol. The van der Waals surface area contributed by atoms with Crippen LogP contribution in [-0.4, -0.2) is 35.0 Å². The first-order valence-corrected chi connectivity index (χ1v) is 6.97. The third-order valence-corrected chi connectivity index (χ3v) is 2.81. The van der Waals surface area contributed by atoms with Gasteiger partial charge in [-0.3, -0.25) is 4.84 Å². The minimum absolute atomic E-state index is 0.113. The minimum atomic E-state index is -1.14. The quantitative estimate of drug-likeness (QED) is 0.635. The van der Waals surface area contributed by atoms with Crippen molar-refractivity contribution in [2.24, 2.45) is 5.92 Å². The van der Waals surface area contributed by atoms with Crippen LogP contribution in [0.3, 0.4) is 0 Å². The van der Waals surface area contributed by atoms with Crippen molar-refractivity contribution >= 4 is 12.1 Å². The molecule has 0 spiro atoms. The van der Waals surface area contributed by atoms with Crippen LogP contribution in [0.1, 0.15) is 25.8 Å². The van der Waals surface area contributed by atoms with Crippen LogP contribution >= 0.6 is 0 Å². The number of carboxylic acids is 1. The number of carbonyl (C=O) groups is 2. The number of hydrogen-bond donors (Lipinski definition) is 3. The molecule has 0 bridgehead atoms. The number of ether oxygens (including phenoxy) is 1. The summed E-state index contributed by atoms with van der Waals surface area (Å²) in [7, 11) is 0. The fourth-order valence-corrected chi connectivity index (χ4v) is 1.70. The number of rotatable bonds is 8. The van der Waals surface area contributed by atoms with Gasteiger partial charge in [0.1, 0.15) is 5.75 Å². The molecule has 0 heterocycles. The first kappa shape index (κ1) is 17.8. The zero-order valence-electron chi connectivity index (χ0n) is 12.6. The van der Waals surface area contributed by atoms with Gasteiger partial charge < -0.3 is 14.9 Å². The summed E-state index contributed by atoms with van der Waals surface area (Å²) in [4.78, 5) is 27.2. The maximum Gasteiger partial charge on any atom is 0.431 e. The Morgan fingerprint density at radius 2 is 1.86 bits per heavy atom. The summed E-state index contributed by atoms with van der Waals surface area (Å²) in [6.45, 7) is 3.83. The second-order valence-corrected chi connectivity index (χ2v) is 5.23. The molecule has 0 saturated heterocycles. The van der Waals surface area contributed by atoms with Gasteiger partial charge in [0, 0.05) is 6.42 Å². The van der Waals surface area contributed by atoms with Crippen LogP contribution in [0.5, 0.6) is 5.75 Å².